The summed E-state index contributed by atoms with van der Waals surface area (Å²) in [5, 5.41) is 0. The van der Waals surface area contributed by atoms with Gasteiger partial charge in [-0.15, -0.1) is 0 Å². The zero-order valence-electron chi connectivity index (χ0n) is 10.3. The summed E-state index contributed by atoms with van der Waals surface area (Å²) in [7, 11) is 0. The van der Waals surface area contributed by atoms with Crippen LogP contribution in [-0.2, 0) is 0 Å². The van der Waals surface area contributed by atoms with Gasteiger partial charge < -0.3 is 0 Å². The largest absolute Gasteiger partial charge is 0.0851 e. The first-order valence-corrected chi connectivity index (χ1v) is 6.18. The third-order valence-corrected chi connectivity index (χ3v) is 3.69. The predicted molar refractivity (Wildman–Crippen MR) is 64.3 cm³/mol. The van der Waals surface area contributed by atoms with Crippen LogP contribution in [0.25, 0.3) is 0 Å². The van der Waals surface area contributed by atoms with Gasteiger partial charge in [0, 0.05) is 0 Å². The Balaban J connectivity index is 2.38. The van der Waals surface area contributed by atoms with E-state index in [-0.39, 0.29) is 0 Å². The summed E-state index contributed by atoms with van der Waals surface area (Å²) < 4.78 is 0. The topological polar surface area (TPSA) is 0 Å². The highest BCUT2D eigenvalue weighted by atomic mass is 14.2. The minimum atomic E-state index is 0.422. The second-order valence-corrected chi connectivity index (χ2v) is 5.94. The fourth-order valence-corrected chi connectivity index (χ4v) is 1.94. The summed E-state index contributed by atoms with van der Waals surface area (Å²) in [4.78, 5) is 0. The van der Waals surface area contributed by atoms with Gasteiger partial charge in [-0.25, -0.2) is 0 Å². The molecule has 0 amide bonds. The number of hydrogen-bond donors (Lipinski definition) is 0. The van der Waals surface area contributed by atoms with Crippen LogP contribution >= 0.6 is 0 Å². The first-order chi connectivity index (χ1) is 6.50. The van der Waals surface area contributed by atoms with Crippen molar-refractivity contribution in [2.75, 3.05) is 0 Å². The van der Waals surface area contributed by atoms with E-state index in [9.17, 15) is 0 Å². The van der Waals surface area contributed by atoms with Crippen LogP contribution in [0, 0.1) is 17.3 Å². The number of allylic oxidation sites excluding steroid dienone is 2. The van der Waals surface area contributed by atoms with Gasteiger partial charge >= 0.3 is 0 Å². The van der Waals surface area contributed by atoms with Gasteiger partial charge in [-0.2, -0.15) is 0 Å². The Bertz CT molecular complexity index is 177. The van der Waals surface area contributed by atoms with Gasteiger partial charge in [0.1, 0.15) is 0 Å². The van der Waals surface area contributed by atoms with Crippen LogP contribution in [0.4, 0.5) is 0 Å². The van der Waals surface area contributed by atoms with E-state index < -0.39 is 0 Å². The molecule has 0 nitrogen and oxygen atoms in total. The number of hydrogen-bond acceptors (Lipinski definition) is 0. The van der Waals surface area contributed by atoms with Crippen molar-refractivity contribution < 1.29 is 0 Å². The standard InChI is InChI=1S/C14H26/c1-12(14(2,3)4)10-11-13-8-6-5-7-9-13/h10-13H,5-9H2,1-4H3/b11-10+/t12-/m1/s1. The van der Waals surface area contributed by atoms with Gasteiger partial charge in [0.25, 0.3) is 0 Å². The lowest BCUT2D eigenvalue weighted by atomic mass is 9.80. The Morgan fingerprint density at radius 2 is 1.64 bits per heavy atom. The molecule has 0 spiro atoms. The van der Waals surface area contributed by atoms with Crippen LogP contribution in [0.2, 0.25) is 0 Å². The molecular weight excluding hydrogens is 168 g/mol. The maximum atomic E-state index is 2.48. The maximum Gasteiger partial charge on any atom is -0.0213 e. The molecule has 1 atom stereocenters. The fraction of sp³-hybridized carbons (Fsp3) is 0.857. The molecule has 0 aromatic rings. The van der Waals surface area contributed by atoms with E-state index in [2.05, 4.69) is 39.8 Å². The molecule has 1 fully saturated rings. The highest BCUT2D eigenvalue weighted by Crippen LogP contribution is 2.29. The quantitative estimate of drug-likeness (QED) is 0.554. The summed E-state index contributed by atoms with van der Waals surface area (Å²) in [6.07, 6.45) is 12.1. The van der Waals surface area contributed by atoms with Crippen LogP contribution in [0.3, 0.4) is 0 Å². The van der Waals surface area contributed by atoms with E-state index in [0.29, 0.717) is 11.3 Å². The van der Waals surface area contributed by atoms with Gasteiger partial charge in [0.05, 0.1) is 0 Å². The van der Waals surface area contributed by atoms with E-state index in [4.69, 9.17) is 0 Å². The SMILES string of the molecule is C[C@H](/C=C/C1CCCCC1)C(C)(C)C. The Morgan fingerprint density at radius 3 is 2.14 bits per heavy atom. The van der Waals surface area contributed by atoms with Crippen molar-refractivity contribution in [1.82, 2.24) is 0 Å². The molecule has 0 saturated heterocycles. The summed E-state index contributed by atoms with van der Waals surface area (Å²) in [6, 6.07) is 0. The normalized spacial score (nSPS) is 22.9. The van der Waals surface area contributed by atoms with Crippen molar-refractivity contribution in [3.63, 3.8) is 0 Å². The molecule has 0 heterocycles. The first-order valence-electron chi connectivity index (χ1n) is 6.18. The molecule has 1 aliphatic rings. The van der Waals surface area contributed by atoms with Crippen LogP contribution in [0.15, 0.2) is 12.2 Å². The average Bonchev–Trinajstić information content (AvgIpc) is 2.14. The Morgan fingerprint density at radius 1 is 1.07 bits per heavy atom. The molecule has 82 valence electrons. The Hall–Kier alpha value is -0.260. The van der Waals surface area contributed by atoms with Crippen molar-refractivity contribution in [3.8, 4) is 0 Å². The fourth-order valence-electron chi connectivity index (χ4n) is 1.94. The van der Waals surface area contributed by atoms with Gasteiger partial charge in [0.15, 0.2) is 0 Å². The van der Waals surface area contributed by atoms with Crippen LogP contribution in [0.5, 0.6) is 0 Å². The third kappa shape index (κ3) is 3.86. The van der Waals surface area contributed by atoms with E-state index in [1.165, 1.54) is 32.1 Å². The van der Waals surface area contributed by atoms with Crippen molar-refractivity contribution in [2.45, 2.75) is 59.8 Å². The van der Waals surface area contributed by atoms with Crippen LogP contribution in [0.1, 0.15) is 59.8 Å². The molecule has 14 heavy (non-hydrogen) atoms. The monoisotopic (exact) mass is 194 g/mol. The zero-order chi connectivity index (χ0) is 10.6. The van der Waals surface area contributed by atoms with Crippen molar-refractivity contribution >= 4 is 0 Å². The van der Waals surface area contributed by atoms with E-state index in [1.54, 1.807) is 0 Å². The maximum absolute atomic E-state index is 2.48. The molecule has 1 rings (SSSR count). The van der Waals surface area contributed by atoms with E-state index in [1.807, 2.05) is 0 Å². The summed E-state index contributed by atoms with van der Waals surface area (Å²) >= 11 is 0. The molecule has 0 aliphatic heterocycles. The molecule has 0 bridgehead atoms. The summed E-state index contributed by atoms with van der Waals surface area (Å²) in [5.74, 6) is 1.58. The Labute approximate surface area is 89.8 Å². The van der Waals surface area contributed by atoms with Crippen LogP contribution in [-0.4, -0.2) is 0 Å². The van der Waals surface area contributed by atoms with E-state index >= 15 is 0 Å². The van der Waals surface area contributed by atoms with Gasteiger partial charge in [0.2, 0.25) is 0 Å². The lowest BCUT2D eigenvalue weighted by Gasteiger charge is -2.25. The molecule has 0 N–H and O–H groups in total. The first kappa shape index (κ1) is 11.8. The molecule has 0 radical (unpaired) electrons. The molecule has 0 unspecified atom stereocenters. The number of rotatable bonds is 2. The molecule has 0 aromatic heterocycles. The van der Waals surface area contributed by atoms with Crippen molar-refractivity contribution in [1.29, 1.82) is 0 Å². The average molecular weight is 194 g/mol. The second-order valence-electron chi connectivity index (χ2n) is 5.94. The lowest BCUT2D eigenvalue weighted by Crippen LogP contribution is -2.15. The highest BCUT2D eigenvalue weighted by Gasteiger charge is 2.18. The van der Waals surface area contributed by atoms with Crippen LogP contribution < -0.4 is 0 Å². The van der Waals surface area contributed by atoms with Crippen molar-refractivity contribution in [2.24, 2.45) is 17.3 Å². The third-order valence-electron chi connectivity index (χ3n) is 3.69. The molecule has 1 aliphatic carbocycles. The van der Waals surface area contributed by atoms with Gasteiger partial charge in [-0.3, -0.25) is 0 Å². The van der Waals surface area contributed by atoms with Gasteiger partial charge in [-0.05, 0) is 30.1 Å². The molecule has 1 saturated carbocycles. The molecule has 0 aromatic carbocycles. The minimum Gasteiger partial charge on any atom is -0.0851 e. The minimum absolute atomic E-state index is 0.422. The van der Waals surface area contributed by atoms with E-state index in [0.717, 1.165) is 5.92 Å². The smallest absolute Gasteiger partial charge is 0.0213 e. The molecular formula is C14H26. The van der Waals surface area contributed by atoms with Gasteiger partial charge in [-0.1, -0.05) is 59.1 Å². The molecule has 0 heteroatoms. The highest BCUT2D eigenvalue weighted by molar-refractivity contribution is 4.96. The second kappa shape index (κ2) is 5.00. The summed E-state index contributed by atoms with van der Waals surface area (Å²) in [6.45, 7) is 9.30. The predicted octanol–water partition coefficient (Wildman–Crippen LogP) is 4.81. The summed E-state index contributed by atoms with van der Waals surface area (Å²) in [5.41, 5.74) is 0.422. The van der Waals surface area contributed by atoms with Crippen molar-refractivity contribution in [3.05, 3.63) is 12.2 Å². The lowest BCUT2D eigenvalue weighted by molar-refractivity contribution is 0.311. The Kier molecular flexibility index (Phi) is 4.22. The zero-order valence-corrected chi connectivity index (χ0v) is 10.3.